The molecule has 0 aliphatic heterocycles. The summed E-state index contributed by atoms with van der Waals surface area (Å²) in [7, 11) is 2.99. The first-order chi connectivity index (χ1) is 7.61. The van der Waals surface area contributed by atoms with Gasteiger partial charge in [0.25, 0.3) is 5.56 Å². The van der Waals surface area contributed by atoms with E-state index < -0.39 is 5.69 Å². The van der Waals surface area contributed by atoms with Crippen LogP contribution in [0.15, 0.2) is 20.2 Å². The maximum absolute atomic E-state index is 11.9. The number of nitrogens with one attached hydrogen (secondary N) is 1. The third-order valence-corrected chi connectivity index (χ3v) is 2.67. The molecule has 3 rings (SSSR count). The minimum absolute atomic E-state index is 0.261. The van der Waals surface area contributed by atoms with Crippen molar-refractivity contribution in [1.82, 2.24) is 19.3 Å². The van der Waals surface area contributed by atoms with E-state index in [2.05, 4.69) is 10.2 Å². The van der Waals surface area contributed by atoms with Gasteiger partial charge in [0.2, 0.25) is 5.71 Å². The molecule has 0 amide bonds. The zero-order chi connectivity index (χ0) is 11.4. The largest absolute Gasteiger partial charge is 0.436 e. The zero-order valence-corrected chi connectivity index (χ0v) is 8.64. The number of aromatic nitrogens is 4. The smallest absolute Gasteiger partial charge is 0.333 e. The van der Waals surface area contributed by atoms with Crippen molar-refractivity contribution >= 4 is 22.2 Å². The molecule has 82 valence electrons. The molecular formula is C9H8N4O3. The Bertz CT molecular complexity index is 817. The molecule has 0 radical (unpaired) electrons. The van der Waals surface area contributed by atoms with Gasteiger partial charge in [-0.3, -0.25) is 19.0 Å². The number of hydrogen-bond donors (Lipinski definition) is 1. The van der Waals surface area contributed by atoms with Crippen molar-refractivity contribution in [3.63, 3.8) is 0 Å². The van der Waals surface area contributed by atoms with Crippen LogP contribution in [-0.4, -0.2) is 19.3 Å². The number of furan rings is 1. The van der Waals surface area contributed by atoms with Gasteiger partial charge >= 0.3 is 5.69 Å². The Morgan fingerprint density at radius 2 is 2.06 bits per heavy atom. The summed E-state index contributed by atoms with van der Waals surface area (Å²) in [5.41, 5.74) is 0.444. The molecule has 0 atom stereocenters. The molecule has 1 N–H and O–H groups in total. The lowest BCUT2D eigenvalue weighted by molar-refractivity contribution is 0.597. The Morgan fingerprint density at radius 3 is 2.81 bits per heavy atom. The second kappa shape index (κ2) is 2.63. The first-order valence-corrected chi connectivity index (χ1v) is 4.63. The lowest BCUT2D eigenvalue weighted by Gasteiger charge is -2.01. The van der Waals surface area contributed by atoms with Crippen LogP contribution in [0.4, 0.5) is 0 Å². The Morgan fingerprint density at radius 1 is 1.31 bits per heavy atom. The van der Waals surface area contributed by atoms with E-state index in [0.717, 1.165) is 4.57 Å². The molecule has 16 heavy (non-hydrogen) atoms. The molecule has 0 spiro atoms. The fourth-order valence-corrected chi connectivity index (χ4v) is 1.79. The molecule has 7 nitrogen and oxygen atoms in total. The highest BCUT2D eigenvalue weighted by Gasteiger charge is 2.17. The van der Waals surface area contributed by atoms with Gasteiger partial charge in [-0.05, 0) is 0 Å². The van der Waals surface area contributed by atoms with Gasteiger partial charge in [-0.25, -0.2) is 4.79 Å². The summed E-state index contributed by atoms with van der Waals surface area (Å²) in [5, 5.41) is 6.81. The van der Waals surface area contributed by atoms with E-state index in [4.69, 9.17) is 4.42 Å². The van der Waals surface area contributed by atoms with Gasteiger partial charge in [0.05, 0.1) is 6.20 Å². The number of fused-ring (bicyclic) bond motifs is 3. The molecule has 0 saturated carbocycles. The predicted octanol–water partition coefficient (Wildman–Crippen LogP) is -0.294. The van der Waals surface area contributed by atoms with Crippen LogP contribution in [-0.2, 0) is 14.1 Å². The monoisotopic (exact) mass is 220 g/mol. The van der Waals surface area contributed by atoms with Crippen molar-refractivity contribution < 1.29 is 4.42 Å². The molecule has 0 aliphatic carbocycles. The average Bonchev–Trinajstić information content (AvgIpc) is 2.82. The molecule has 7 heteroatoms. The fourth-order valence-electron chi connectivity index (χ4n) is 1.79. The SMILES string of the molecule is Cn1c(=O)c2c3[nH]ncc3oc2n(C)c1=O. The first-order valence-electron chi connectivity index (χ1n) is 4.63. The van der Waals surface area contributed by atoms with E-state index >= 15 is 0 Å². The van der Waals surface area contributed by atoms with E-state index in [9.17, 15) is 9.59 Å². The van der Waals surface area contributed by atoms with Gasteiger partial charge in [0, 0.05) is 14.1 Å². The molecule has 0 aromatic carbocycles. The number of hydrogen-bond acceptors (Lipinski definition) is 4. The fraction of sp³-hybridized carbons (Fsp3) is 0.222. The highest BCUT2D eigenvalue weighted by Crippen LogP contribution is 2.21. The summed E-state index contributed by atoms with van der Waals surface area (Å²) in [6.07, 6.45) is 1.47. The van der Waals surface area contributed by atoms with E-state index in [1.54, 1.807) is 7.05 Å². The van der Waals surface area contributed by atoms with E-state index in [1.165, 1.54) is 17.8 Å². The minimum atomic E-state index is -0.415. The number of H-pyrrole nitrogens is 1. The van der Waals surface area contributed by atoms with E-state index in [1.807, 2.05) is 0 Å². The Kier molecular flexibility index (Phi) is 1.47. The molecule has 0 saturated heterocycles. The quantitative estimate of drug-likeness (QED) is 0.564. The summed E-state index contributed by atoms with van der Waals surface area (Å²) in [4.78, 5) is 23.6. The van der Waals surface area contributed by atoms with Gasteiger partial charge in [0.1, 0.15) is 10.9 Å². The van der Waals surface area contributed by atoms with Crippen molar-refractivity contribution in [2.45, 2.75) is 0 Å². The van der Waals surface area contributed by atoms with Crippen molar-refractivity contribution in [1.29, 1.82) is 0 Å². The predicted molar refractivity (Wildman–Crippen MR) is 56.3 cm³/mol. The number of nitrogens with zero attached hydrogens (tertiary/aromatic N) is 3. The molecule has 3 aromatic rings. The van der Waals surface area contributed by atoms with Crippen LogP contribution in [0.3, 0.4) is 0 Å². The second-order valence-electron chi connectivity index (χ2n) is 3.60. The molecule has 0 aliphatic rings. The molecule has 3 aromatic heterocycles. The third-order valence-electron chi connectivity index (χ3n) is 2.67. The summed E-state index contributed by atoms with van der Waals surface area (Å²) >= 11 is 0. The highest BCUT2D eigenvalue weighted by atomic mass is 16.3. The van der Waals surface area contributed by atoms with Crippen LogP contribution in [0.25, 0.3) is 22.2 Å². The zero-order valence-electron chi connectivity index (χ0n) is 8.64. The van der Waals surface area contributed by atoms with Gasteiger partial charge in [0.15, 0.2) is 5.58 Å². The summed E-state index contributed by atoms with van der Waals surface area (Å²) in [6.45, 7) is 0. The van der Waals surface area contributed by atoms with Crippen LogP contribution >= 0.6 is 0 Å². The normalized spacial score (nSPS) is 11.6. The van der Waals surface area contributed by atoms with Crippen molar-refractivity contribution in [3.05, 3.63) is 27.0 Å². The molecular weight excluding hydrogens is 212 g/mol. The number of rotatable bonds is 0. The molecule has 0 bridgehead atoms. The van der Waals surface area contributed by atoms with Gasteiger partial charge in [-0.2, -0.15) is 5.10 Å². The second-order valence-corrected chi connectivity index (χ2v) is 3.60. The van der Waals surface area contributed by atoms with Gasteiger partial charge in [-0.15, -0.1) is 0 Å². The van der Waals surface area contributed by atoms with Crippen LogP contribution in [0.5, 0.6) is 0 Å². The third kappa shape index (κ3) is 0.848. The van der Waals surface area contributed by atoms with Crippen molar-refractivity contribution in [2.75, 3.05) is 0 Å². The van der Waals surface area contributed by atoms with Crippen LogP contribution in [0.1, 0.15) is 0 Å². The van der Waals surface area contributed by atoms with Crippen LogP contribution in [0.2, 0.25) is 0 Å². The number of aryl methyl sites for hydroxylation is 1. The van der Waals surface area contributed by atoms with Crippen LogP contribution < -0.4 is 11.2 Å². The Balaban J connectivity index is 2.79. The Labute approximate surface area is 87.9 Å². The highest BCUT2D eigenvalue weighted by molar-refractivity contribution is 6.00. The summed E-state index contributed by atoms with van der Waals surface area (Å²) in [5.74, 6) is 0. The standard InChI is InChI=1S/C9H8N4O3/c1-12-7(14)5-6-4(3-10-11-6)16-8(5)13(2)9(12)15/h3H,1-2H3,(H,10,11). The van der Waals surface area contributed by atoms with Crippen molar-refractivity contribution in [3.8, 4) is 0 Å². The topological polar surface area (TPSA) is 85.8 Å². The molecule has 0 unspecified atom stereocenters. The number of aromatic amines is 1. The van der Waals surface area contributed by atoms with Crippen LogP contribution in [0, 0.1) is 0 Å². The van der Waals surface area contributed by atoms with E-state index in [-0.39, 0.29) is 11.3 Å². The molecule has 0 fully saturated rings. The summed E-state index contributed by atoms with van der Waals surface area (Å²) < 4.78 is 7.73. The first kappa shape index (κ1) is 8.96. The molecule has 3 heterocycles. The van der Waals surface area contributed by atoms with Gasteiger partial charge in [-0.1, -0.05) is 0 Å². The lowest BCUT2D eigenvalue weighted by Crippen LogP contribution is -2.36. The maximum atomic E-state index is 11.9. The average molecular weight is 220 g/mol. The van der Waals surface area contributed by atoms with E-state index in [0.29, 0.717) is 16.5 Å². The summed E-state index contributed by atoms with van der Waals surface area (Å²) in [6, 6.07) is 0. The maximum Gasteiger partial charge on any atom is 0.333 e. The van der Waals surface area contributed by atoms with Gasteiger partial charge < -0.3 is 4.42 Å². The Hall–Kier alpha value is -2.31. The minimum Gasteiger partial charge on any atom is -0.436 e. The van der Waals surface area contributed by atoms with Crippen molar-refractivity contribution in [2.24, 2.45) is 14.1 Å². The lowest BCUT2D eigenvalue weighted by atomic mass is 10.3.